The lowest BCUT2D eigenvalue weighted by Gasteiger charge is -2.30. The SMILES string of the molecule is OC(c1c(F)ccc(Br)c1F)C1CCCc2ccccc21. The Kier molecular flexibility index (Phi) is 4.09. The van der Waals surface area contributed by atoms with E-state index in [1.165, 1.54) is 12.1 Å². The van der Waals surface area contributed by atoms with Crippen LogP contribution in [0.3, 0.4) is 0 Å². The summed E-state index contributed by atoms with van der Waals surface area (Å²) in [5.74, 6) is -1.69. The van der Waals surface area contributed by atoms with E-state index in [9.17, 15) is 13.9 Å². The maximum Gasteiger partial charge on any atom is 0.146 e. The molecule has 1 nitrogen and oxygen atoms in total. The molecule has 2 aromatic rings. The van der Waals surface area contributed by atoms with E-state index >= 15 is 0 Å². The van der Waals surface area contributed by atoms with Gasteiger partial charge in [-0.1, -0.05) is 24.3 Å². The van der Waals surface area contributed by atoms with E-state index in [-0.39, 0.29) is 16.0 Å². The fraction of sp³-hybridized carbons (Fsp3) is 0.294. The lowest BCUT2D eigenvalue weighted by atomic mass is 9.78. The van der Waals surface area contributed by atoms with Crippen LogP contribution in [0.2, 0.25) is 0 Å². The standard InChI is InChI=1S/C17H15BrF2O/c18-13-8-9-14(19)15(16(13)20)17(21)12-7-3-5-10-4-1-2-6-11(10)12/h1-2,4,6,8-9,12,17,21H,3,5,7H2. The molecule has 0 radical (unpaired) electrons. The van der Waals surface area contributed by atoms with E-state index in [4.69, 9.17) is 0 Å². The van der Waals surface area contributed by atoms with Crippen molar-refractivity contribution in [3.63, 3.8) is 0 Å². The monoisotopic (exact) mass is 352 g/mol. The predicted molar refractivity (Wildman–Crippen MR) is 81.1 cm³/mol. The second-order valence-corrected chi connectivity index (χ2v) is 6.25. The Balaban J connectivity index is 2.05. The number of halogens is 3. The average Bonchev–Trinajstić information content (AvgIpc) is 2.50. The Bertz CT molecular complexity index is 672. The first-order valence-corrected chi connectivity index (χ1v) is 7.78. The third kappa shape index (κ3) is 2.62. The summed E-state index contributed by atoms with van der Waals surface area (Å²) in [6.07, 6.45) is 1.41. The number of hydrogen-bond donors (Lipinski definition) is 1. The molecular formula is C17H15BrF2O. The van der Waals surface area contributed by atoms with Gasteiger partial charge in [-0.2, -0.15) is 0 Å². The van der Waals surface area contributed by atoms with Crippen LogP contribution in [0.25, 0.3) is 0 Å². The molecule has 0 amide bonds. The number of rotatable bonds is 2. The van der Waals surface area contributed by atoms with Crippen molar-refractivity contribution >= 4 is 15.9 Å². The first-order valence-electron chi connectivity index (χ1n) is 6.99. The number of aliphatic hydroxyl groups is 1. The summed E-state index contributed by atoms with van der Waals surface area (Å²) < 4.78 is 28.4. The third-order valence-electron chi connectivity index (χ3n) is 4.17. The number of aryl methyl sites for hydroxylation is 1. The molecule has 1 aliphatic carbocycles. The Labute approximate surface area is 130 Å². The van der Waals surface area contributed by atoms with Gasteiger partial charge >= 0.3 is 0 Å². The number of hydrogen-bond acceptors (Lipinski definition) is 1. The van der Waals surface area contributed by atoms with Gasteiger partial charge in [0.2, 0.25) is 0 Å². The maximum absolute atomic E-state index is 14.2. The summed E-state index contributed by atoms with van der Waals surface area (Å²) in [6.45, 7) is 0. The maximum atomic E-state index is 14.2. The molecule has 0 fully saturated rings. The Hall–Kier alpha value is -1.26. The molecule has 4 heteroatoms. The molecular weight excluding hydrogens is 338 g/mol. The van der Waals surface area contributed by atoms with Crippen molar-refractivity contribution in [2.75, 3.05) is 0 Å². The fourth-order valence-corrected chi connectivity index (χ4v) is 3.48. The highest BCUT2D eigenvalue weighted by atomic mass is 79.9. The summed E-state index contributed by atoms with van der Waals surface area (Å²) in [7, 11) is 0. The zero-order valence-electron chi connectivity index (χ0n) is 11.3. The van der Waals surface area contributed by atoms with Gasteiger partial charge in [0.25, 0.3) is 0 Å². The van der Waals surface area contributed by atoms with Gasteiger partial charge in [-0.3, -0.25) is 0 Å². The zero-order valence-corrected chi connectivity index (χ0v) is 12.9. The highest BCUT2D eigenvalue weighted by Gasteiger charge is 2.31. The normalized spacial score (nSPS) is 19.1. The number of fused-ring (bicyclic) bond motifs is 1. The minimum absolute atomic E-state index is 0.169. The van der Waals surface area contributed by atoms with Gasteiger partial charge in [0.15, 0.2) is 0 Å². The summed E-state index contributed by atoms with van der Waals surface area (Å²) in [5, 5.41) is 10.6. The van der Waals surface area contributed by atoms with E-state index in [1.807, 2.05) is 24.3 Å². The van der Waals surface area contributed by atoms with Crippen LogP contribution in [-0.4, -0.2) is 5.11 Å². The van der Waals surface area contributed by atoms with E-state index in [0.717, 1.165) is 30.4 Å². The topological polar surface area (TPSA) is 20.2 Å². The van der Waals surface area contributed by atoms with Gasteiger partial charge in [0, 0.05) is 5.92 Å². The molecule has 2 aromatic carbocycles. The van der Waals surface area contributed by atoms with Crippen LogP contribution >= 0.6 is 15.9 Å². The number of benzene rings is 2. The van der Waals surface area contributed by atoms with Crippen LogP contribution < -0.4 is 0 Å². The summed E-state index contributed by atoms with van der Waals surface area (Å²) in [4.78, 5) is 0. The van der Waals surface area contributed by atoms with Gasteiger partial charge in [-0.15, -0.1) is 0 Å². The lowest BCUT2D eigenvalue weighted by Crippen LogP contribution is -2.19. The van der Waals surface area contributed by atoms with Crippen LogP contribution in [0.5, 0.6) is 0 Å². The Morgan fingerprint density at radius 3 is 2.71 bits per heavy atom. The van der Waals surface area contributed by atoms with Crippen LogP contribution in [0.1, 0.15) is 41.6 Å². The van der Waals surface area contributed by atoms with Crippen LogP contribution in [0.15, 0.2) is 40.9 Å². The second kappa shape index (κ2) is 5.85. The molecule has 0 aliphatic heterocycles. The molecule has 0 bridgehead atoms. The summed E-state index contributed by atoms with van der Waals surface area (Å²) >= 11 is 3.05. The molecule has 0 heterocycles. The van der Waals surface area contributed by atoms with E-state index in [2.05, 4.69) is 15.9 Å². The van der Waals surface area contributed by atoms with Crippen molar-refractivity contribution in [2.24, 2.45) is 0 Å². The van der Waals surface area contributed by atoms with Crippen molar-refractivity contribution in [3.8, 4) is 0 Å². The van der Waals surface area contributed by atoms with Crippen molar-refractivity contribution < 1.29 is 13.9 Å². The fourth-order valence-electron chi connectivity index (χ4n) is 3.13. The van der Waals surface area contributed by atoms with E-state index in [1.54, 1.807) is 0 Å². The van der Waals surface area contributed by atoms with Crippen molar-refractivity contribution in [1.29, 1.82) is 0 Å². The molecule has 0 spiro atoms. The van der Waals surface area contributed by atoms with E-state index < -0.39 is 17.7 Å². The quantitative estimate of drug-likeness (QED) is 0.763. The molecule has 21 heavy (non-hydrogen) atoms. The smallest absolute Gasteiger partial charge is 0.146 e. The minimum atomic E-state index is -1.18. The van der Waals surface area contributed by atoms with Crippen LogP contribution in [0.4, 0.5) is 8.78 Å². The molecule has 2 atom stereocenters. The van der Waals surface area contributed by atoms with Gasteiger partial charge in [-0.25, -0.2) is 8.78 Å². The first-order chi connectivity index (χ1) is 10.1. The highest BCUT2D eigenvalue weighted by molar-refractivity contribution is 9.10. The van der Waals surface area contributed by atoms with Gasteiger partial charge in [0.05, 0.1) is 16.1 Å². The first kappa shape index (κ1) is 14.7. The largest absolute Gasteiger partial charge is 0.388 e. The van der Waals surface area contributed by atoms with Gasteiger partial charge < -0.3 is 5.11 Å². The van der Waals surface area contributed by atoms with Crippen molar-refractivity contribution in [3.05, 3.63) is 69.2 Å². The second-order valence-electron chi connectivity index (χ2n) is 5.40. The molecule has 1 N–H and O–H groups in total. The number of aliphatic hydroxyl groups excluding tert-OH is 1. The van der Waals surface area contributed by atoms with Gasteiger partial charge in [-0.05, 0) is 58.5 Å². The van der Waals surface area contributed by atoms with Crippen LogP contribution in [-0.2, 0) is 6.42 Å². The molecule has 0 aromatic heterocycles. The molecule has 3 rings (SSSR count). The van der Waals surface area contributed by atoms with Crippen molar-refractivity contribution in [2.45, 2.75) is 31.3 Å². The zero-order chi connectivity index (χ0) is 15.0. The molecule has 110 valence electrons. The lowest BCUT2D eigenvalue weighted by molar-refractivity contribution is 0.127. The van der Waals surface area contributed by atoms with Gasteiger partial charge in [0.1, 0.15) is 11.6 Å². The Morgan fingerprint density at radius 2 is 1.90 bits per heavy atom. The molecule has 0 saturated carbocycles. The third-order valence-corrected chi connectivity index (χ3v) is 4.78. The Morgan fingerprint density at radius 1 is 1.14 bits per heavy atom. The highest BCUT2D eigenvalue weighted by Crippen LogP contribution is 2.42. The predicted octanol–water partition coefficient (Wildman–Crippen LogP) is 4.88. The average molecular weight is 353 g/mol. The van der Waals surface area contributed by atoms with Crippen molar-refractivity contribution in [1.82, 2.24) is 0 Å². The minimum Gasteiger partial charge on any atom is -0.388 e. The summed E-state index contributed by atoms with van der Waals surface area (Å²) in [6, 6.07) is 10.3. The molecule has 1 aliphatic rings. The molecule has 0 saturated heterocycles. The van der Waals surface area contributed by atoms with Crippen LogP contribution in [0, 0.1) is 11.6 Å². The molecule has 2 unspecified atom stereocenters. The van der Waals surface area contributed by atoms with E-state index in [0.29, 0.717) is 0 Å². The summed E-state index contributed by atoms with van der Waals surface area (Å²) in [5.41, 5.74) is 1.91.